The standard InChI is InChI=1S/C23H21N3O4/c1-13-17(23(28)30-3)18(15-11-7-8-12-16(15)22(27)29-2)19-20(25-26-21(19)24-13)14-9-5-4-6-10-14/h4-12,18H,1-3H3,(H2,24,25,26). The summed E-state index contributed by atoms with van der Waals surface area (Å²) in [4.78, 5) is 25.3. The van der Waals surface area contributed by atoms with E-state index in [1.807, 2.05) is 42.5 Å². The van der Waals surface area contributed by atoms with E-state index in [0.717, 1.165) is 16.8 Å². The Balaban J connectivity index is 2.01. The second-order valence-electron chi connectivity index (χ2n) is 6.89. The van der Waals surface area contributed by atoms with Crippen LogP contribution in [0.15, 0.2) is 65.9 Å². The van der Waals surface area contributed by atoms with E-state index in [-0.39, 0.29) is 0 Å². The van der Waals surface area contributed by atoms with Gasteiger partial charge in [0.2, 0.25) is 0 Å². The summed E-state index contributed by atoms with van der Waals surface area (Å²) < 4.78 is 10.1. The summed E-state index contributed by atoms with van der Waals surface area (Å²) in [6, 6.07) is 16.8. The Morgan fingerprint density at radius 2 is 1.60 bits per heavy atom. The number of anilines is 1. The van der Waals surface area contributed by atoms with Crippen LogP contribution in [0.2, 0.25) is 0 Å². The Morgan fingerprint density at radius 3 is 2.30 bits per heavy atom. The molecule has 0 aliphatic carbocycles. The lowest BCUT2D eigenvalue weighted by Crippen LogP contribution is -2.25. The molecular formula is C23H21N3O4. The van der Waals surface area contributed by atoms with Gasteiger partial charge in [-0.15, -0.1) is 0 Å². The Labute approximate surface area is 173 Å². The van der Waals surface area contributed by atoms with Gasteiger partial charge in [-0.05, 0) is 24.1 Å². The predicted octanol–water partition coefficient (Wildman–Crippen LogP) is 3.87. The zero-order valence-electron chi connectivity index (χ0n) is 16.9. The molecule has 4 rings (SSSR count). The number of esters is 2. The van der Waals surface area contributed by atoms with Gasteiger partial charge in [-0.2, -0.15) is 5.10 Å². The SMILES string of the molecule is COC(=O)C1=C(C)Nc2n[nH]c(-c3ccccc3)c2C1c1ccccc1C(=O)OC. The van der Waals surface area contributed by atoms with Crippen LogP contribution in [0.5, 0.6) is 0 Å². The van der Waals surface area contributed by atoms with Crippen molar-refractivity contribution in [3.05, 3.63) is 82.6 Å². The zero-order valence-corrected chi connectivity index (χ0v) is 16.9. The summed E-state index contributed by atoms with van der Waals surface area (Å²) in [6.07, 6.45) is 0. The minimum Gasteiger partial charge on any atom is -0.466 e. The molecule has 0 bridgehead atoms. The fourth-order valence-corrected chi connectivity index (χ4v) is 3.89. The number of aromatic amines is 1. The Morgan fingerprint density at radius 1 is 0.933 bits per heavy atom. The van der Waals surface area contributed by atoms with Gasteiger partial charge in [0.05, 0.1) is 31.1 Å². The third-order valence-electron chi connectivity index (χ3n) is 5.24. The molecule has 2 N–H and O–H groups in total. The number of ether oxygens (including phenoxy) is 2. The van der Waals surface area contributed by atoms with Crippen LogP contribution >= 0.6 is 0 Å². The molecule has 1 aliphatic heterocycles. The van der Waals surface area contributed by atoms with Crippen molar-refractivity contribution in [1.82, 2.24) is 10.2 Å². The normalized spacial score (nSPS) is 15.2. The summed E-state index contributed by atoms with van der Waals surface area (Å²) in [5.74, 6) is -0.922. The summed E-state index contributed by atoms with van der Waals surface area (Å²) in [5, 5.41) is 10.7. The van der Waals surface area contributed by atoms with Gasteiger partial charge in [0.15, 0.2) is 5.82 Å². The van der Waals surface area contributed by atoms with Crippen molar-refractivity contribution >= 4 is 17.8 Å². The van der Waals surface area contributed by atoms with Gasteiger partial charge in [-0.3, -0.25) is 5.10 Å². The number of hydrogen-bond donors (Lipinski definition) is 2. The lowest BCUT2D eigenvalue weighted by Gasteiger charge is -2.28. The first kappa shape index (κ1) is 19.4. The molecule has 1 unspecified atom stereocenters. The maximum absolute atomic E-state index is 12.8. The van der Waals surface area contributed by atoms with E-state index in [2.05, 4.69) is 15.5 Å². The number of methoxy groups -OCH3 is 2. The zero-order chi connectivity index (χ0) is 21.3. The second-order valence-corrected chi connectivity index (χ2v) is 6.89. The quantitative estimate of drug-likeness (QED) is 0.643. The largest absolute Gasteiger partial charge is 0.466 e. The highest BCUT2D eigenvalue weighted by Crippen LogP contribution is 2.46. The highest BCUT2D eigenvalue weighted by atomic mass is 16.5. The average molecular weight is 403 g/mol. The number of carbonyl (C=O) groups excluding carboxylic acids is 2. The van der Waals surface area contributed by atoms with E-state index in [0.29, 0.717) is 28.2 Å². The van der Waals surface area contributed by atoms with E-state index >= 15 is 0 Å². The van der Waals surface area contributed by atoms with Crippen molar-refractivity contribution in [2.75, 3.05) is 19.5 Å². The van der Waals surface area contributed by atoms with Gasteiger partial charge in [-0.25, -0.2) is 9.59 Å². The summed E-state index contributed by atoms with van der Waals surface area (Å²) in [5.41, 5.74) is 4.50. The van der Waals surface area contributed by atoms with Crippen molar-refractivity contribution < 1.29 is 19.1 Å². The molecule has 0 fully saturated rings. The number of nitrogens with zero attached hydrogens (tertiary/aromatic N) is 1. The minimum atomic E-state index is -0.571. The van der Waals surface area contributed by atoms with E-state index in [1.165, 1.54) is 14.2 Å². The smallest absolute Gasteiger partial charge is 0.338 e. The summed E-state index contributed by atoms with van der Waals surface area (Å²) >= 11 is 0. The number of carbonyl (C=O) groups is 2. The van der Waals surface area contributed by atoms with E-state index in [9.17, 15) is 9.59 Å². The molecular weight excluding hydrogens is 382 g/mol. The molecule has 2 aromatic carbocycles. The molecule has 152 valence electrons. The number of fused-ring (bicyclic) bond motifs is 1. The topological polar surface area (TPSA) is 93.3 Å². The molecule has 0 amide bonds. The molecule has 1 aromatic heterocycles. The average Bonchev–Trinajstić information content (AvgIpc) is 3.21. The van der Waals surface area contributed by atoms with Crippen molar-refractivity contribution in [2.24, 2.45) is 0 Å². The number of nitrogens with one attached hydrogen (secondary N) is 2. The predicted molar refractivity (Wildman–Crippen MR) is 112 cm³/mol. The molecule has 0 radical (unpaired) electrons. The fraction of sp³-hybridized carbons (Fsp3) is 0.174. The van der Waals surface area contributed by atoms with Gasteiger partial charge in [0.25, 0.3) is 0 Å². The Kier molecular flexibility index (Phi) is 5.10. The van der Waals surface area contributed by atoms with Crippen LogP contribution in [0.25, 0.3) is 11.3 Å². The van der Waals surface area contributed by atoms with Crippen LogP contribution in [0.3, 0.4) is 0 Å². The number of aromatic nitrogens is 2. The molecule has 0 saturated heterocycles. The van der Waals surface area contributed by atoms with Gasteiger partial charge >= 0.3 is 11.9 Å². The third kappa shape index (κ3) is 3.14. The number of rotatable bonds is 4. The highest BCUT2D eigenvalue weighted by molar-refractivity contribution is 5.98. The summed E-state index contributed by atoms with van der Waals surface area (Å²) in [6.45, 7) is 1.79. The number of hydrogen-bond acceptors (Lipinski definition) is 6. The monoisotopic (exact) mass is 403 g/mol. The minimum absolute atomic E-state index is 0.382. The molecule has 7 heteroatoms. The van der Waals surface area contributed by atoms with Crippen LogP contribution in [0.4, 0.5) is 5.82 Å². The number of H-pyrrole nitrogens is 1. The molecule has 2 heterocycles. The molecule has 30 heavy (non-hydrogen) atoms. The third-order valence-corrected chi connectivity index (χ3v) is 5.24. The van der Waals surface area contributed by atoms with Crippen LogP contribution in [0, 0.1) is 0 Å². The number of allylic oxidation sites excluding steroid dienone is 1. The van der Waals surface area contributed by atoms with Crippen molar-refractivity contribution in [3.63, 3.8) is 0 Å². The molecule has 1 aliphatic rings. The van der Waals surface area contributed by atoms with Gasteiger partial charge in [-0.1, -0.05) is 48.5 Å². The summed E-state index contributed by atoms with van der Waals surface area (Å²) in [7, 11) is 2.68. The molecule has 0 spiro atoms. The van der Waals surface area contributed by atoms with Crippen LogP contribution in [0.1, 0.15) is 34.3 Å². The van der Waals surface area contributed by atoms with Gasteiger partial charge in [0, 0.05) is 17.2 Å². The highest BCUT2D eigenvalue weighted by Gasteiger charge is 2.38. The Bertz CT molecular complexity index is 1150. The number of benzene rings is 2. The maximum atomic E-state index is 12.8. The molecule has 1 atom stereocenters. The van der Waals surface area contributed by atoms with Crippen molar-refractivity contribution in [1.29, 1.82) is 0 Å². The first-order valence-electron chi connectivity index (χ1n) is 9.43. The fourth-order valence-electron chi connectivity index (χ4n) is 3.89. The van der Waals surface area contributed by atoms with E-state index in [1.54, 1.807) is 19.1 Å². The first-order chi connectivity index (χ1) is 14.6. The van der Waals surface area contributed by atoms with Crippen molar-refractivity contribution in [2.45, 2.75) is 12.8 Å². The van der Waals surface area contributed by atoms with E-state index < -0.39 is 17.9 Å². The lowest BCUT2D eigenvalue weighted by molar-refractivity contribution is -0.136. The van der Waals surface area contributed by atoms with Crippen LogP contribution in [-0.2, 0) is 14.3 Å². The van der Waals surface area contributed by atoms with Crippen molar-refractivity contribution in [3.8, 4) is 11.3 Å². The van der Waals surface area contributed by atoms with Gasteiger partial charge < -0.3 is 14.8 Å². The van der Waals surface area contributed by atoms with Crippen LogP contribution in [-0.4, -0.2) is 36.4 Å². The van der Waals surface area contributed by atoms with Crippen LogP contribution < -0.4 is 5.32 Å². The first-order valence-corrected chi connectivity index (χ1v) is 9.43. The molecule has 0 saturated carbocycles. The Hall–Kier alpha value is -3.87. The molecule has 7 nitrogen and oxygen atoms in total. The second kappa shape index (κ2) is 7.87. The van der Waals surface area contributed by atoms with Gasteiger partial charge in [0.1, 0.15) is 0 Å². The van der Waals surface area contributed by atoms with E-state index in [4.69, 9.17) is 9.47 Å². The maximum Gasteiger partial charge on any atom is 0.338 e. The molecule has 3 aromatic rings. The lowest BCUT2D eigenvalue weighted by atomic mass is 9.78.